The van der Waals surface area contributed by atoms with Gasteiger partial charge in [-0.3, -0.25) is 19.2 Å². The number of rotatable bonds is 15. The van der Waals surface area contributed by atoms with E-state index in [1.54, 1.807) is 0 Å². The van der Waals surface area contributed by atoms with Crippen LogP contribution in [-0.4, -0.2) is 42.6 Å². The first kappa shape index (κ1) is 26.1. The van der Waals surface area contributed by atoms with Gasteiger partial charge in [-0.1, -0.05) is 34.1 Å². The number of nitrogens with one attached hydrogen (secondary N) is 3. The van der Waals surface area contributed by atoms with E-state index in [1.165, 1.54) is 6.92 Å². The Morgan fingerprint density at radius 1 is 0.750 bits per heavy atom. The number of Topliss-reactive ketones (excluding diaryl/α,β-unsaturated/α-hetero) is 1. The highest BCUT2D eigenvalue weighted by molar-refractivity contribution is 5.89. The second-order valence-corrected chi connectivity index (χ2v) is 7.91. The lowest BCUT2D eigenvalue weighted by molar-refractivity contribution is -0.128. The number of hydrogen-bond donors (Lipinski definition) is 3. The number of hydrogen-bond acceptors (Lipinski definition) is 4. The van der Waals surface area contributed by atoms with Crippen LogP contribution in [0.2, 0.25) is 0 Å². The monoisotopic (exact) mass is 397 g/mol. The molecule has 7 nitrogen and oxygen atoms in total. The van der Waals surface area contributed by atoms with Gasteiger partial charge in [-0.25, -0.2) is 0 Å². The molecule has 0 saturated carbocycles. The second-order valence-electron chi connectivity index (χ2n) is 7.91. The first-order chi connectivity index (χ1) is 13.1. The number of unbranched alkanes of at least 4 members (excludes halogenated alkanes) is 3. The van der Waals surface area contributed by atoms with E-state index in [-0.39, 0.29) is 35.3 Å². The lowest BCUT2D eigenvalue weighted by atomic mass is 9.97. The van der Waals surface area contributed by atoms with Crippen molar-refractivity contribution in [1.29, 1.82) is 0 Å². The minimum absolute atomic E-state index is 0.00259. The summed E-state index contributed by atoms with van der Waals surface area (Å²) in [5, 5.41) is 8.47. The van der Waals surface area contributed by atoms with Gasteiger partial charge in [0.05, 0.1) is 6.04 Å². The Bertz CT molecular complexity index is 504. The maximum absolute atomic E-state index is 12.1. The summed E-state index contributed by atoms with van der Waals surface area (Å²) in [7, 11) is 0. The van der Waals surface area contributed by atoms with Gasteiger partial charge < -0.3 is 16.0 Å². The summed E-state index contributed by atoms with van der Waals surface area (Å²) in [5.41, 5.74) is 0. The Labute approximate surface area is 169 Å². The van der Waals surface area contributed by atoms with Crippen LogP contribution < -0.4 is 16.0 Å². The summed E-state index contributed by atoms with van der Waals surface area (Å²) in [6, 6.07) is -0.440. The quantitative estimate of drug-likeness (QED) is 0.369. The Kier molecular flexibility index (Phi) is 14.0. The molecule has 0 spiro atoms. The molecular formula is C21H39N3O4. The minimum atomic E-state index is -0.440. The molecule has 0 aliphatic rings. The molecule has 0 aromatic heterocycles. The molecule has 0 fully saturated rings. The Hall–Kier alpha value is -1.92. The van der Waals surface area contributed by atoms with Crippen molar-refractivity contribution < 1.29 is 19.2 Å². The maximum Gasteiger partial charge on any atom is 0.222 e. The van der Waals surface area contributed by atoms with Crippen molar-refractivity contribution in [3.8, 4) is 0 Å². The standard InChI is InChI=1S/C21H39N3O4/c1-15(2)20(27)18(24-17(5)25)11-8-10-13-22-19(26)12-7-6-9-14-23-21(28)16(3)4/h15-16,18H,6-14H2,1-5H3,(H,22,26)(H,23,28)(H,24,25)/t18-/m0/s1. The molecular weight excluding hydrogens is 358 g/mol. The zero-order chi connectivity index (χ0) is 21.5. The molecule has 1 atom stereocenters. The number of carbonyl (C=O) groups excluding carboxylic acids is 4. The van der Waals surface area contributed by atoms with Gasteiger partial charge in [0, 0.05) is 38.3 Å². The Balaban J connectivity index is 3.78. The average molecular weight is 398 g/mol. The molecule has 7 heteroatoms. The van der Waals surface area contributed by atoms with Crippen LogP contribution in [0.1, 0.15) is 79.6 Å². The summed E-state index contributed by atoms with van der Waals surface area (Å²) >= 11 is 0. The predicted octanol–water partition coefficient (Wildman–Crippen LogP) is 2.34. The summed E-state index contributed by atoms with van der Waals surface area (Å²) in [5.74, 6) is -0.172. The third-order valence-corrected chi connectivity index (χ3v) is 4.44. The first-order valence-electron chi connectivity index (χ1n) is 10.5. The molecule has 0 aliphatic heterocycles. The van der Waals surface area contributed by atoms with E-state index in [1.807, 2.05) is 27.7 Å². The van der Waals surface area contributed by atoms with Gasteiger partial charge in [0.2, 0.25) is 17.7 Å². The van der Waals surface area contributed by atoms with E-state index in [2.05, 4.69) is 16.0 Å². The van der Waals surface area contributed by atoms with E-state index in [0.717, 1.165) is 32.1 Å². The van der Waals surface area contributed by atoms with Gasteiger partial charge in [0.15, 0.2) is 5.78 Å². The summed E-state index contributed by atoms with van der Waals surface area (Å²) in [4.78, 5) is 46.6. The van der Waals surface area contributed by atoms with Crippen LogP contribution in [0.5, 0.6) is 0 Å². The molecule has 0 unspecified atom stereocenters. The fourth-order valence-electron chi connectivity index (χ4n) is 2.73. The summed E-state index contributed by atoms with van der Waals surface area (Å²) in [6.45, 7) is 10.0. The van der Waals surface area contributed by atoms with Crippen LogP contribution in [0.25, 0.3) is 0 Å². The van der Waals surface area contributed by atoms with Crippen LogP contribution in [0.4, 0.5) is 0 Å². The fraction of sp³-hybridized carbons (Fsp3) is 0.810. The highest BCUT2D eigenvalue weighted by atomic mass is 16.2. The molecule has 162 valence electrons. The molecule has 0 aromatic carbocycles. The van der Waals surface area contributed by atoms with Gasteiger partial charge in [0.25, 0.3) is 0 Å². The van der Waals surface area contributed by atoms with E-state index in [0.29, 0.717) is 25.9 Å². The Morgan fingerprint density at radius 3 is 1.93 bits per heavy atom. The highest BCUT2D eigenvalue weighted by Crippen LogP contribution is 2.08. The second kappa shape index (κ2) is 15.1. The maximum atomic E-state index is 12.1. The summed E-state index contributed by atoms with van der Waals surface area (Å²) < 4.78 is 0. The smallest absolute Gasteiger partial charge is 0.222 e. The molecule has 0 heterocycles. The number of ketones is 1. The van der Waals surface area contributed by atoms with Crippen LogP contribution in [0.15, 0.2) is 0 Å². The zero-order valence-electron chi connectivity index (χ0n) is 18.2. The van der Waals surface area contributed by atoms with Crippen LogP contribution in [0, 0.1) is 11.8 Å². The third-order valence-electron chi connectivity index (χ3n) is 4.44. The molecule has 0 rings (SSSR count). The van der Waals surface area contributed by atoms with Gasteiger partial charge in [-0.2, -0.15) is 0 Å². The van der Waals surface area contributed by atoms with Crippen LogP contribution in [-0.2, 0) is 19.2 Å². The molecule has 0 saturated heterocycles. The fourth-order valence-corrected chi connectivity index (χ4v) is 2.73. The van der Waals surface area contributed by atoms with Gasteiger partial charge in [0.1, 0.15) is 0 Å². The van der Waals surface area contributed by atoms with Gasteiger partial charge in [-0.05, 0) is 32.1 Å². The lowest BCUT2D eigenvalue weighted by Crippen LogP contribution is -2.41. The zero-order valence-corrected chi connectivity index (χ0v) is 18.2. The van der Waals surface area contributed by atoms with Crippen molar-refractivity contribution in [3.05, 3.63) is 0 Å². The predicted molar refractivity (Wildman–Crippen MR) is 111 cm³/mol. The SMILES string of the molecule is CC(=O)N[C@@H](CCCCNC(=O)CCCCCNC(=O)C(C)C)C(=O)C(C)C. The van der Waals surface area contributed by atoms with Gasteiger partial charge >= 0.3 is 0 Å². The first-order valence-corrected chi connectivity index (χ1v) is 10.5. The van der Waals surface area contributed by atoms with E-state index in [4.69, 9.17) is 0 Å². The normalized spacial score (nSPS) is 12.0. The molecule has 3 amide bonds. The average Bonchev–Trinajstić information content (AvgIpc) is 2.61. The van der Waals surface area contributed by atoms with E-state index >= 15 is 0 Å². The van der Waals surface area contributed by atoms with Crippen LogP contribution >= 0.6 is 0 Å². The van der Waals surface area contributed by atoms with E-state index in [9.17, 15) is 19.2 Å². The minimum Gasteiger partial charge on any atom is -0.356 e. The topological polar surface area (TPSA) is 104 Å². The van der Waals surface area contributed by atoms with Crippen molar-refractivity contribution in [3.63, 3.8) is 0 Å². The van der Waals surface area contributed by atoms with Crippen molar-refractivity contribution in [2.24, 2.45) is 11.8 Å². The van der Waals surface area contributed by atoms with Gasteiger partial charge in [-0.15, -0.1) is 0 Å². The third kappa shape index (κ3) is 13.3. The highest BCUT2D eigenvalue weighted by Gasteiger charge is 2.21. The lowest BCUT2D eigenvalue weighted by Gasteiger charge is -2.18. The molecule has 0 bridgehead atoms. The van der Waals surface area contributed by atoms with Crippen molar-refractivity contribution in [2.45, 2.75) is 85.6 Å². The van der Waals surface area contributed by atoms with Crippen molar-refractivity contribution >= 4 is 23.5 Å². The summed E-state index contributed by atoms with van der Waals surface area (Å²) in [6.07, 6.45) is 5.19. The Morgan fingerprint density at radius 2 is 1.36 bits per heavy atom. The van der Waals surface area contributed by atoms with Crippen LogP contribution in [0.3, 0.4) is 0 Å². The molecule has 28 heavy (non-hydrogen) atoms. The molecule has 0 aliphatic carbocycles. The number of carbonyl (C=O) groups is 4. The number of amides is 3. The molecule has 0 radical (unpaired) electrons. The van der Waals surface area contributed by atoms with Crippen molar-refractivity contribution in [1.82, 2.24) is 16.0 Å². The van der Waals surface area contributed by atoms with E-state index < -0.39 is 6.04 Å². The van der Waals surface area contributed by atoms with Crippen molar-refractivity contribution in [2.75, 3.05) is 13.1 Å². The largest absolute Gasteiger partial charge is 0.356 e. The molecule has 3 N–H and O–H groups in total. The molecule has 0 aromatic rings.